The Morgan fingerprint density at radius 1 is 1.25 bits per heavy atom. The van der Waals surface area contributed by atoms with E-state index in [0.29, 0.717) is 23.3 Å². The zero-order valence-electron chi connectivity index (χ0n) is 12.6. The van der Waals surface area contributed by atoms with E-state index < -0.39 is 0 Å². The molecule has 3 nitrogen and oxygen atoms in total. The Morgan fingerprint density at radius 2 is 1.95 bits per heavy atom. The van der Waals surface area contributed by atoms with Crippen LogP contribution >= 0.6 is 27.7 Å². The van der Waals surface area contributed by atoms with Gasteiger partial charge in [0, 0.05) is 23.0 Å². The predicted molar refractivity (Wildman–Crippen MR) is 87.7 cm³/mol. The molecular formula is C15H24BrN3S. The van der Waals surface area contributed by atoms with Crippen molar-refractivity contribution in [3.8, 4) is 0 Å². The van der Waals surface area contributed by atoms with Crippen LogP contribution in [-0.4, -0.2) is 25.8 Å². The zero-order chi connectivity index (χ0) is 14.3. The molecule has 5 heteroatoms. The molecule has 0 bridgehead atoms. The fraction of sp³-hybridized carbons (Fsp3) is 0.867. The summed E-state index contributed by atoms with van der Waals surface area (Å²) in [6.07, 6.45) is 5.24. The molecule has 1 aromatic heterocycles. The number of thioether (sulfide) groups is 1. The summed E-state index contributed by atoms with van der Waals surface area (Å²) in [7, 11) is 0. The Kier molecular flexibility index (Phi) is 4.20. The summed E-state index contributed by atoms with van der Waals surface area (Å²) in [5, 5.41) is 11.2. The van der Waals surface area contributed by atoms with Crippen LogP contribution in [0.2, 0.25) is 0 Å². The van der Waals surface area contributed by atoms with Gasteiger partial charge in [-0.25, -0.2) is 0 Å². The highest BCUT2D eigenvalue weighted by molar-refractivity contribution is 9.09. The smallest absolute Gasteiger partial charge is 0.191 e. The molecule has 1 heterocycles. The quantitative estimate of drug-likeness (QED) is 0.548. The fourth-order valence-corrected chi connectivity index (χ4v) is 5.34. The molecule has 3 rings (SSSR count). The maximum atomic E-state index is 4.49. The normalized spacial score (nSPS) is 21.2. The summed E-state index contributed by atoms with van der Waals surface area (Å²) in [6.45, 7) is 6.96. The monoisotopic (exact) mass is 357 g/mol. The van der Waals surface area contributed by atoms with Crippen molar-refractivity contribution < 1.29 is 0 Å². The molecule has 1 aromatic rings. The van der Waals surface area contributed by atoms with Gasteiger partial charge in [-0.1, -0.05) is 48.5 Å². The number of hydrogen-bond donors (Lipinski definition) is 0. The van der Waals surface area contributed by atoms with Crippen molar-refractivity contribution in [2.45, 2.75) is 63.6 Å². The van der Waals surface area contributed by atoms with Crippen LogP contribution in [0, 0.1) is 11.3 Å². The van der Waals surface area contributed by atoms with Crippen molar-refractivity contribution in [1.82, 2.24) is 14.8 Å². The van der Waals surface area contributed by atoms with Gasteiger partial charge in [0.15, 0.2) is 5.16 Å². The second-order valence-electron chi connectivity index (χ2n) is 7.24. The van der Waals surface area contributed by atoms with Crippen LogP contribution in [0.5, 0.6) is 0 Å². The van der Waals surface area contributed by atoms with E-state index in [-0.39, 0.29) is 0 Å². The Bertz CT molecular complexity index is 472. The van der Waals surface area contributed by atoms with Gasteiger partial charge in [-0.05, 0) is 37.0 Å². The Balaban J connectivity index is 1.71. The first kappa shape index (κ1) is 14.9. The lowest BCUT2D eigenvalue weighted by Gasteiger charge is -2.28. The maximum absolute atomic E-state index is 4.49. The molecule has 1 unspecified atom stereocenters. The summed E-state index contributed by atoms with van der Waals surface area (Å²) in [6, 6.07) is 0.695. The highest BCUT2D eigenvalue weighted by Gasteiger charge is 2.36. The molecule has 0 spiro atoms. The molecule has 0 aromatic carbocycles. The highest BCUT2D eigenvalue weighted by atomic mass is 79.9. The molecular weight excluding hydrogens is 334 g/mol. The van der Waals surface area contributed by atoms with Crippen LogP contribution < -0.4 is 0 Å². The number of halogens is 1. The number of hydrogen-bond acceptors (Lipinski definition) is 3. The predicted octanol–water partition coefficient (Wildman–Crippen LogP) is 4.64. The lowest BCUT2D eigenvalue weighted by atomic mass is 9.83. The first-order chi connectivity index (χ1) is 9.50. The van der Waals surface area contributed by atoms with Gasteiger partial charge in [0.25, 0.3) is 0 Å². The standard InChI is InChI=1S/C15H24BrN3S/c1-15(2,3)11(8-16)9-20-14-18-17-13(10-4-5-10)19(14)12-6-7-12/h10-12H,4-9H2,1-3H3. The molecule has 2 fully saturated rings. The molecule has 20 heavy (non-hydrogen) atoms. The summed E-state index contributed by atoms with van der Waals surface area (Å²) >= 11 is 5.57. The van der Waals surface area contributed by atoms with Gasteiger partial charge in [0.05, 0.1) is 0 Å². The second-order valence-corrected chi connectivity index (χ2v) is 8.88. The van der Waals surface area contributed by atoms with E-state index in [0.717, 1.165) is 16.2 Å². The molecule has 1 atom stereocenters. The summed E-state index contributed by atoms with van der Waals surface area (Å²) in [5.74, 6) is 3.74. The topological polar surface area (TPSA) is 30.7 Å². The zero-order valence-corrected chi connectivity index (χ0v) is 15.0. The van der Waals surface area contributed by atoms with Crippen molar-refractivity contribution in [3.05, 3.63) is 5.82 Å². The minimum Gasteiger partial charge on any atom is -0.303 e. The van der Waals surface area contributed by atoms with Crippen LogP contribution in [0.25, 0.3) is 0 Å². The van der Waals surface area contributed by atoms with Gasteiger partial charge in [-0.2, -0.15) is 0 Å². The third kappa shape index (κ3) is 3.24. The van der Waals surface area contributed by atoms with Gasteiger partial charge in [-0.3, -0.25) is 0 Å². The second kappa shape index (κ2) is 5.64. The molecule has 2 aliphatic rings. The van der Waals surface area contributed by atoms with E-state index in [2.05, 4.69) is 51.5 Å². The minimum absolute atomic E-state index is 0.334. The summed E-state index contributed by atoms with van der Waals surface area (Å²) in [5.41, 5.74) is 0.334. The lowest BCUT2D eigenvalue weighted by molar-refractivity contribution is 0.295. The van der Waals surface area contributed by atoms with Gasteiger partial charge in [-0.15, -0.1) is 10.2 Å². The highest BCUT2D eigenvalue weighted by Crippen LogP contribution is 2.46. The number of aromatic nitrogens is 3. The van der Waals surface area contributed by atoms with Crippen LogP contribution in [-0.2, 0) is 0 Å². The summed E-state index contributed by atoms with van der Waals surface area (Å²) in [4.78, 5) is 0. The average Bonchev–Trinajstić information content (AvgIpc) is 3.28. The minimum atomic E-state index is 0.334. The van der Waals surface area contributed by atoms with E-state index in [1.54, 1.807) is 0 Å². The molecule has 0 aliphatic heterocycles. The van der Waals surface area contributed by atoms with Crippen LogP contribution in [0.3, 0.4) is 0 Å². The van der Waals surface area contributed by atoms with Gasteiger partial charge >= 0.3 is 0 Å². The number of rotatable bonds is 6. The SMILES string of the molecule is CC(C)(C)C(CBr)CSc1nnc(C2CC2)n1C1CC1. The Hall–Kier alpha value is -0.0300. The Morgan fingerprint density at radius 3 is 2.45 bits per heavy atom. The molecule has 112 valence electrons. The number of nitrogens with zero attached hydrogens (tertiary/aromatic N) is 3. The van der Waals surface area contributed by atoms with Crippen LogP contribution in [0.15, 0.2) is 5.16 Å². The molecule has 2 saturated carbocycles. The van der Waals surface area contributed by atoms with E-state index in [4.69, 9.17) is 0 Å². The Labute approximate surface area is 134 Å². The first-order valence-electron chi connectivity index (χ1n) is 7.64. The molecule has 0 N–H and O–H groups in total. The van der Waals surface area contributed by atoms with Gasteiger partial charge in [0.2, 0.25) is 0 Å². The maximum Gasteiger partial charge on any atom is 0.191 e. The molecule has 0 amide bonds. The lowest BCUT2D eigenvalue weighted by Crippen LogP contribution is -2.24. The average molecular weight is 358 g/mol. The largest absolute Gasteiger partial charge is 0.303 e. The van der Waals surface area contributed by atoms with Crippen LogP contribution in [0.4, 0.5) is 0 Å². The van der Waals surface area contributed by atoms with Crippen molar-refractivity contribution in [2.75, 3.05) is 11.1 Å². The van der Waals surface area contributed by atoms with Gasteiger partial charge in [0.1, 0.15) is 5.82 Å². The van der Waals surface area contributed by atoms with Crippen molar-refractivity contribution in [3.63, 3.8) is 0 Å². The third-order valence-corrected chi connectivity index (χ3v) is 6.26. The van der Waals surface area contributed by atoms with E-state index in [1.807, 2.05) is 11.8 Å². The molecule has 0 saturated heterocycles. The first-order valence-corrected chi connectivity index (χ1v) is 9.75. The summed E-state index contributed by atoms with van der Waals surface area (Å²) < 4.78 is 2.45. The van der Waals surface area contributed by atoms with Crippen LogP contribution in [0.1, 0.15) is 64.2 Å². The van der Waals surface area contributed by atoms with Crippen molar-refractivity contribution >= 4 is 27.7 Å². The molecule has 2 aliphatic carbocycles. The fourth-order valence-electron chi connectivity index (χ4n) is 2.38. The van der Waals surface area contributed by atoms with Gasteiger partial charge < -0.3 is 4.57 Å². The van der Waals surface area contributed by atoms with Crippen molar-refractivity contribution in [1.29, 1.82) is 0 Å². The van der Waals surface area contributed by atoms with E-state index in [9.17, 15) is 0 Å². The number of alkyl halides is 1. The van der Waals surface area contributed by atoms with E-state index >= 15 is 0 Å². The van der Waals surface area contributed by atoms with E-state index in [1.165, 1.54) is 31.5 Å². The molecule has 0 radical (unpaired) electrons. The van der Waals surface area contributed by atoms with Crippen molar-refractivity contribution in [2.24, 2.45) is 11.3 Å². The third-order valence-electron chi connectivity index (χ3n) is 4.37.